The Morgan fingerprint density at radius 1 is 1.56 bits per heavy atom. The van der Waals surface area contributed by atoms with E-state index in [1.54, 1.807) is 12.1 Å². The first-order chi connectivity index (χ1) is 8.83. The van der Waals surface area contributed by atoms with E-state index >= 15 is 0 Å². The monoisotopic (exact) mass is 246 g/mol. The van der Waals surface area contributed by atoms with Gasteiger partial charge in [-0.2, -0.15) is 0 Å². The Balaban J connectivity index is 2.18. The van der Waals surface area contributed by atoms with Crippen LogP contribution >= 0.6 is 0 Å². The number of rotatable bonds is 4. The molecule has 0 aromatic heterocycles. The molecule has 0 saturated carbocycles. The van der Waals surface area contributed by atoms with Gasteiger partial charge in [-0.15, -0.1) is 0 Å². The number of morpholine rings is 1. The Morgan fingerprint density at radius 3 is 3.06 bits per heavy atom. The molecule has 0 amide bonds. The van der Waals surface area contributed by atoms with Crippen molar-refractivity contribution < 1.29 is 14.3 Å². The summed E-state index contributed by atoms with van der Waals surface area (Å²) in [6.07, 6.45) is 1.55. The molecule has 1 fully saturated rings. The third-order valence-corrected chi connectivity index (χ3v) is 2.72. The maximum Gasteiger partial charge on any atom is 0.341 e. The molecular weight excluding hydrogens is 230 g/mol. The van der Waals surface area contributed by atoms with Gasteiger partial charge in [-0.1, -0.05) is 24.8 Å². The summed E-state index contributed by atoms with van der Waals surface area (Å²) < 4.78 is 10.4. The first-order valence-electron chi connectivity index (χ1n) is 5.94. The number of esters is 1. The maximum atomic E-state index is 11.9. The number of carbonyl (C=O) groups is 1. The predicted octanol–water partition coefficient (Wildman–Crippen LogP) is 1.67. The van der Waals surface area contributed by atoms with E-state index in [1.807, 2.05) is 12.1 Å². The third kappa shape index (κ3) is 2.90. The lowest BCUT2D eigenvalue weighted by Crippen LogP contribution is -2.37. The summed E-state index contributed by atoms with van der Waals surface area (Å²) in [6.45, 7) is 6.64. The second-order valence-electron chi connectivity index (χ2n) is 3.92. The standard InChI is InChI=1S/C14H16NO3/c1-2-9-18-14(16)12-5-3-4-6-13(12)15-7-10-17-11-8-15/h2-4,6H,1,7-11H2. The SMILES string of the molecule is C=CCOC(=O)c1[c]cccc1N1CCOCC1. The number of nitrogens with zero attached hydrogens (tertiary/aromatic N) is 1. The molecule has 18 heavy (non-hydrogen) atoms. The molecule has 1 saturated heterocycles. The van der Waals surface area contributed by atoms with Crippen molar-refractivity contribution in [1.82, 2.24) is 0 Å². The van der Waals surface area contributed by atoms with Gasteiger partial charge in [-0.3, -0.25) is 0 Å². The van der Waals surface area contributed by atoms with Crippen LogP contribution in [0.15, 0.2) is 30.9 Å². The van der Waals surface area contributed by atoms with Gasteiger partial charge in [0.1, 0.15) is 6.61 Å². The zero-order valence-corrected chi connectivity index (χ0v) is 10.2. The molecule has 95 valence electrons. The largest absolute Gasteiger partial charge is 0.458 e. The third-order valence-electron chi connectivity index (χ3n) is 2.72. The Bertz CT molecular complexity index is 425. The number of benzene rings is 1. The van der Waals surface area contributed by atoms with E-state index in [0.717, 1.165) is 18.8 Å². The van der Waals surface area contributed by atoms with Gasteiger partial charge in [0, 0.05) is 13.1 Å². The van der Waals surface area contributed by atoms with Crippen molar-refractivity contribution in [2.45, 2.75) is 0 Å². The first-order valence-corrected chi connectivity index (χ1v) is 5.94. The van der Waals surface area contributed by atoms with Gasteiger partial charge in [-0.25, -0.2) is 4.79 Å². The number of ether oxygens (including phenoxy) is 2. The second kappa shape index (κ2) is 6.21. The van der Waals surface area contributed by atoms with E-state index in [1.165, 1.54) is 0 Å². The number of carbonyl (C=O) groups excluding carboxylic acids is 1. The molecule has 1 aromatic carbocycles. The van der Waals surface area contributed by atoms with Crippen LogP contribution in [0.1, 0.15) is 10.4 Å². The molecular formula is C14H16NO3. The fourth-order valence-electron chi connectivity index (χ4n) is 1.87. The summed E-state index contributed by atoms with van der Waals surface area (Å²) in [4.78, 5) is 14.0. The zero-order chi connectivity index (χ0) is 12.8. The van der Waals surface area contributed by atoms with E-state index in [4.69, 9.17) is 9.47 Å². The molecule has 0 N–H and O–H groups in total. The van der Waals surface area contributed by atoms with Crippen LogP contribution in [0.4, 0.5) is 5.69 Å². The van der Waals surface area contributed by atoms with Crippen LogP contribution in [0.3, 0.4) is 0 Å². The van der Waals surface area contributed by atoms with Crippen molar-refractivity contribution >= 4 is 11.7 Å². The van der Waals surface area contributed by atoms with Crippen molar-refractivity contribution in [3.63, 3.8) is 0 Å². The van der Waals surface area contributed by atoms with Gasteiger partial charge in [-0.05, 0) is 12.1 Å². The van der Waals surface area contributed by atoms with Crippen LogP contribution in [0.5, 0.6) is 0 Å². The second-order valence-corrected chi connectivity index (χ2v) is 3.92. The molecule has 0 aliphatic carbocycles. The summed E-state index contributed by atoms with van der Waals surface area (Å²) in [7, 11) is 0. The van der Waals surface area contributed by atoms with Crippen molar-refractivity contribution in [3.8, 4) is 0 Å². The number of anilines is 1. The van der Waals surface area contributed by atoms with Crippen LogP contribution in [-0.4, -0.2) is 38.9 Å². The van der Waals surface area contributed by atoms with Gasteiger partial charge >= 0.3 is 5.97 Å². The van der Waals surface area contributed by atoms with Crippen molar-refractivity contribution in [2.75, 3.05) is 37.8 Å². The van der Waals surface area contributed by atoms with E-state index in [0.29, 0.717) is 18.8 Å². The Morgan fingerprint density at radius 2 is 2.33 bits per heavy atom. The van der Waals surface area contributed by atoms with E-state index < -0.39 is 0 Å². The molecule has 1 aromatic rings. The molecule has 2 rings (SSSR count). The Kier molecular flexibility index (Phi) is 4.36. The summed E-state index contributed by atoms with van der Waals surface area (Å²) in [5, 5.41) is 0. The minimum Gasteiger partial charge on any atom is -0.458 e. The molecule has 0 bridgehead atoms. The maximum absolute atomic E-state index is 11.9. The molecule has 0 unspecified atom stereocenters. The molecule has 4 nitrogen and oxygen atoms in total. The average molecular weight is 246 g/mol. The lowest BCUT2D eigenvalue weighted by atomic mass is 10.1. The van der Waals surface area contributed by atoms with Gasteiger partial charge in [0.25, 0.3) is 0 Å². The van der Waals surface area contributed by atoms with Crippen LogP contribution in [0, 0.1) is 6.07 Å². The highest BCUT2D eigenvalue weighted by Crippen LogP contribution is 2.21. The van der Waals surface area contributed by atoms with Gasteiger partial charge in [0.2, 0.25) is 0 Å². The highest BCUT2D eigenvalue weighted by atomic mass is 16.5. The van der Waals surface area contributed by atoms with Crippen LogP contribution < -0.4 is 4.90 Å². The Hall–Kier alpha value is -1.81. The fourth-order valence-corrected chi connectivity index (χ4v) is 1.87. The van der Waals surface area contributed by atoms with Crippen molar-refractivity contribution in [3.05, 3.63) is 42.5 Å². The molecule has 1 heterocycles. The highest BCUT2D eigenvalue weighted by molar-refractivity contribution is 5.95. The first kappa shape index (κ1) is 12.6. The smallest absolute Gasteiger partial charge is 0.341 e. The highest BCUT2D eigenvalue weighted by Gasteiger charge is 2.19. The predicted molar refractivity (Wildman–Crippen MR) is 68.8 cm³/mol. The summed E-state index contributed by atoms with van der Waals surface area (Å²) in [5.41, 5.74) is 1.33. The lowest BCUT2D eigenvalue weighted by molar-refractivity contribution is 0.0549. The molecule has 1 radical (unpaired) electrons. The normalized spacial score (nSPS) is 15.2. The van der Waals surface area contributed by atoms with Crippen molar-refractivity contribution in [2.24, 2.45) is 0 Å². The number of hydrogen-bond donors (Lipinski definition) is 0. The van der Waals surface area contributed by atoms with Gasteiger partial charge in [0.05, 0.1) is 24.5 Å². The molecule has 1 aliphatic heterocycles. The molecule has 0 spiro atoms. The zero-order valence-electron chi connectivity index (χ0n) is 10.2. The number of hydrogen-bond acceptors (Lipinski definition) is 4. The van der Waals surface area contributed by atoms with Gasteiger partial charge in [0.15, 0.2) is 0 Å². The van der Waals surface area contributed by atoms with Crippen LogP contribution in [0.2, 0.25) is 0 Å². The van der Waals surface area contributed by atoms with Gasteiger partial charge < -0.3 is 14.4 Å². The average Bonchev–Trinajstić information content (AvgIpc) is 2.45. The molecule has 1 aliphatic rings. The summed E-state index contributed by atoms with van der Waals surface area (Å²) in [5.74, 6) is -0.364. The summed E-state index contributed by atoms with van der Waals surface area (Å²) >= 11 is 0. The van der Waals surface area contributed by atoms with E-state index in [9.17, 15) is 4.79 Å². The molecule has 0 atom stereocenters. The van der Waals surface area contributed by atoms with Crippen molar-refractivity contribution in [1.29, 1.82) is 0 Å². The van der Waals surface area contributed by atoms with E-state index in [-0.39, 0.29) is 12.6 Å². The lowest BCUT2D eigenvalue weighted by Gasteiger charge is -2.30. The minimum absolute atomic E-state index is 0.212. The van der Waals surface area contributed by atoms with Crippen LogP contribution in [0.25, 0.3) is 0 Å². The fraction of sp³-hybridized carbons (Fsp3) is 0.357. The molecule has 4 heteroatoms. The van der Waals surface area contributed by atoms with Crippen LogP contribution in [-0.2, 0) is 9.47 Å². The van der Waals surface area contributed by atoms with E-state index in [2.05, 4.69) is 17.5 Å². The summed E-state index contributed by atoms with van der Waals surface area (Å²) in [6, 6.07) is 8.45. The Labute approximate surface area is 107 Å². The quantitative estimate of drug-likeness (QED) is 0.598. The topological polar surface area (TPSA) is 38.8 Å². The minimum atomic E-state index is -0.364.